The molecule has 0 saturated heterocycles. The minimum atomic E-state index is -0.234. The first kappa shape index (κ1) is 40.5. The van der Waals surface area contributed by atoms with E-state index < -0.39 is 0 Å². The zero-order valence-electron chi connectivity index (χ0n) is 37.7. The van der Waals surface area contributed by atoms with E-state index in [1.54, 1.807) is 0 Å². The van der Waals surface area contributed by atoms with Crippen molar-refractivity contribution in [1.29, 1.82) is 0 Å². The predicted octanol–water partition coefficient (Wildman–Crippen LogP) is 15.9. The Bertz CT molecular complexity index is 2890. The van der Waals surface area contributed by atoms with Gasteiger partial charge in [0.2, 0.25) is 0 Å². The van der Waals surface area contributed by atoms with Crippen molar-refractivity contribution in [2.24, 2.45) is 5.41 Å². The highest BCUT2D eigenvalue weighted by Gasteiger charge is 2.48. The third-order valence-electron chi connectivity index (χ3n) is 15.1. The van der Waals surface area contributed by atoms with Crippen molar-refractivity contribution in [3.63, 3.8) is 0 Å². The lowest BCUT2D eigenvalue weighted by Gasteiger charge is -2.45. The molecule has 8 aromatic rings. The Hall–Kier alpha value is -5.87. The lowest BCUT2D eigenvalue weighted by molar-refractivity contribution is 0.146. The zero-order valence-corrected chi connectivity index (χ0v) is 37.7. The van der Waals surface area contributed by atoms with Gasteiger partial charge in [-0.25, -0.2) is 15.0 Å². The largest absolute Gasteiger partial charge is 0.459 e. The maximum absolute atomic E-state index is 7.26. The molecule has 2 heterocycles. The molecule has 0 bridgehead atoms. The standard InChI is InChI=1S/C57H59N3O/c1-11-54(4,5)41-33-46-47-32-40(35-57(10,56(8,9)13-3)50(47)61-49(46)48(34-41)55(6,7)12-2)36-28-30-39(31-29-36)51-58-52(44-26-18-22-37-20-14-16-24-42(37)44)60-53(59-51)45-27-19-23-38-21-15-17-25-43(38)45/h14-34H,11-13,35H2,1-10H3. The normalized spacial score (nSPS) is 16.0. The Kier molecular flexibility index (Phi) is 9.93. The third kappa shape index (κ3) is 6.80. The lowest BCUT2D eigenvalue weighted by Crippen LogP contribution is -2.40. The summed E-state index contributed by atoms with van der Waals surface area (Å²) < 4.78 is 7.26. The highest BCUT2D eigenvalue weighted by molar-refractivity contribution is 6.00. The molecule has 4 heteroatoms. The number of furan rings is 1. The van der Waals surface area contributed by atoms with Crippen LogP contribution in [0, 0.1) is 5.41 Å². The zero-order chi connectivity index (χ0) is 42.9. The second kappa shape index (κ2) is 14.9. The van der Waals surface area contributed by atoms with Crippen LogP contribution in [0.15, 0.2) is 126 Å². The summed E-state index contributed by atoms with van der Waals surface area (Å²) in [6.07, 6.45) is 6.44. The van der Waals surface area contributed by atoms with Crippen LogP contribution in [-0.4, -0.2) is 15.0 Å². The van der Waals surface area contributed by atoms with Crippen LogP contribution in [0.2, 0.25) is 0 Å². The summed E-state index contributed by atoms with van der Waals surface area (Å²) in [5.41, 5.74) is 10.2. The number of rotatable bonds is 10. The number of nitrogens with zero attached hydrogens (tertiary/aromatic N) is 3. The fraction of sp³-hybridized carbons (Fsp3) is 0.316. The van der Waals surface area contributed by atoms with Gasteiger partial charge in [0, 0.05) is 38.6 Å². The van der Waals surface area contributed by atoms with Crippen LogP contribution in [0.3, 0.4) is 0 Å². The summed E-state index contributed by atoms with van der Waals surface area (Å²) in [7, 11) is 0. The molecule has 0 spiro atoms. The van der Waals surface area contributed by atoms with E-state index in [4.69, 9.17) is 19.4 Å². The van der Waals surface area contributed by atoms with E-state index in [0.29, 0.717) is 17.5 Å². The lowest BCUT2D eigenvalue weighted by atomic mass is 9.58. The third-order valence-corrected chi connectivity index (χ3v) is 15.1. The fourth-order valence-electron chi connectivity index (χ4n) is 9.29. The number of hydrogen-bond acceptors (Lipinski definition) is 4. The van der Waals surface area contributed by atoms with Crippen molar-refractivity contribution in [3.05, 3.63) is 149 Å². The van der Waals surface area contributed by atoms with Crippen LogP contribution in [0.25, 0.3) is 78.3 Å². The first-order valence-corrected chi connectivity index (χ1v) is 22.3. The Morgan fingerprint density at radius 2 is 1.08 bits per heavy atom. The van der Waals surface area contributed by atoms with Gasteiger partial charge in [-0.3, -0.25) is 0 Å². The molecule has 9 rings (SSSR count). The maximum Gasteiger partial charge on any atom is 0.164 e. The van der Waals surface area contributed by atoms with E-state index in [1.807, 2.05) is 0 Å². The summed E-state index contributed by atoms with van der Waals surface area (Å²) in [4.78, 5) is 15.6. The molecular weight excluding hydrogens is 743 g/mol. The maximum atomic E-state index is 7.26. The van der Waals surface area contributed by atoms with Gasteiger partial charge in [0.05, 0.1) is 0 Å². The first-order chi connectivity index (χ1) is 29.2. The molecule has 0 saturated carbocycles. The van der Waals surface area contributed by atoms with Crippen LogP contribution in [0.4, 0.5) is 0 Å². The van der Waals surface area contributed by atoms with Crippen LogP contribution in [0.5, 0.6) is 0 Å². The van der Waals surface area contributed by atoms with E-state index in [-0.39, 0.29) is 21.7 Å². The van der Waals surface area contributed by atoms with Gasteiger partial charge in [-0.05, 0) is 85.9 Å². The smallest absolute Gasteiger partial charge is 0.164 e. The second-order valence-corrected chi connectivity index (χ2v) is 19.6. The molecule has 61 heavy (non-hydrogen) atoms. The monoisotopic (exact) mass is 801 g/mol. The van der Waals surface area contributed by atoms with Gasteiger partial charge in [0.25, 0.3) is 0 Å². The fourth-order valence-corrected chi connectivity index (χ4v) is 9.29. The topological polar surface area (TPSA) is 51.8 Å². The summed E-state index contributed by atoms with van der Waals surface area (Å²) in [5.74, 6) is 3.11. The summed E-state index contributed by atoms with van der Waals surface area (Å²) in [6.45, 7) is 23.7. The molecule has 0 fully saturated rings. The van der Waals surface area contributed by atoms with Gasteiger partial charge in [-0.2, -0.15) is 0 Å². The molecule has 0 radical (unpaired) electrons. The van der Waals surface area contributed by atoms with Crippen molar-refractivity contribution < 1.29 is 4.42 Å². The molecule has 4 nitrogen and oxygen atoms in total. The molecule has 1 atom stereocenters. The van der Waals surface area contributed by atoms with Gasteiger partial charge in [-0.1, -0.05) is 191 Å². The van der Waals surface area contributed by atoms with Crippen molar-refractivity contribution in [3.8, 4) is 34.2 Å². The SMILES string of the molecule is CCC(C)(C)c1cc(C(C)(C)CC)c2oc3c(c2c1)C=C(c1ccc(-c2nc(-c4cccc5ccccc45)nc(-c4cccc5ccccc45)n2)cc1)CC3(C)C(C)(C)CC. The number of allylic oxidation sites excluding steroid dienone is 1. The molecule has 6 aromatic carbocycles. The van der Waals surface area contributed by atoms with E-state index in [2.05, 4.69) is 197 Å². The van der Waals surface area contributed by atoms with E-state index >= 15 is 0 Å². The Morgan fingerprint density at radius 1 is 0.557 bits per heavy atom. The quantitative estimate of drug-likeness (QED) is 0.138. The van der Waals surface area contributed by atoms with E-state index in [0.717, 1.165) is 75.3 Å². The predicted molar refractivity (Wildman–Crippen MR) is 258 cm³/mol. The number of hydrogen-bond donors (Lipinski definition) is 0. The van der Waals surface area contributed by atoms with Crippen LogP contribution < -0.4 is 0 Å². The summed E-state index contributed by atoms with van der Waals surface area (Å²) in [5, 5.41) is 5.78. The molecule has 2 aromatic heterocycles. The van der Waals surface area contributed by atoms with E-state index in [9.17, 15) is 0 Å². The summed E-state index contributed by atoms with van der Waals surface area (Å²) >= 11 is 0. The van der Waals surface area contributed by atoms with Gasteiger partial charge >= 0.3 is 0 Å². The van der Waals surface area contributed by atoms with E-state index in [1.165, 1.54) is 33.2 Å². The minimum absolute atomic E-state index is 0.0259. The van der Waals surface area contributed by atoms with Crippen molar-refractivity contribution in [2.45, 2.75) is 111 Å². The van der Waals surface area contributed by atoms with Crippen molar-refractivity contribution in [1.82, 2.24) is 15.0 Å². The Labute approximate surface area is 362 Å². The highest BCUT2D eigenvalue weighted by Crippen LogP contribution is 2.56. The second-order valence-electron chi connectivity index (χ2n) is 19.6. The average Bonchev–Trinajstić information content (AvgIpc) is 3.67. The molecule has 308 valence electrons. The van der Waals surface area contributed by atoms with Gasteiger partial charge in [0.1, 0.15) is 11.3 Å². The van der Waals surface area contributed by atoms with Gasteiger partial charge < -0.3 is 4.42 Å². The molecule has 0 aliphatic heterocycles. The molecular formula is C57H59N3O. The van der Waals surface area contributed by atoms with Gasteiger partial charge in [-0.15, -0.1) is 0 Å². The number of benzene rings is 6. The van der Waals surface area contributed by atoms with Crippen LogP contribution in [0.1, 0.15) is 123 Å². The summed E-state index contributed by atoms with van der Waals surface area (Å²) in [6, 6.07) is 43.4. The Morgan fingerprint density at radius 3 is 1.64 bits per heavy atom. The molecule has 1 unspecified atom stereocenters. The first-order valence-electron chi connectivity index (χ1n) is 22.3. The minimum Gasteiger partial charge on any atom is -0.459 e. The van der Waals surface area contributed by atoms with Crippen molar-refractivity contribution >= 4 is 44.2 Å². The highest BCUT2D eigenvalue weighted by atomic mass is 16.3. The molecule has 1 aliphatic rings. The molecule has 1 aliphatic carbocycles. The Balaban J connectivity index is 1.21. The molecule has 0 amide bonds. The van der Waals surface area contributed by atoms with Crippen LogP contribution in [-0.2, 0) is 16.2 Å². The van der Waals surface area contributed by atoms with Crippen LogP contribution >= 0.6 is 0 Å². The number of fused-ring (bicyclic) bond motifs is 5. The number of aromatic nitrogens is 3. The van der Waals surface area contributed by atoms with Gasteiger partial charge in [0.15, 0.2) is 17.5 Å². The van der Waals surface area contributed by atoms with Crippen molar-refractivity contribution in [2.75, 3.05) is 0 Å². The average molecular weight is 802 g/mol. The molecule has 0 N–H and O–H groups in total.